The SMILES string of the molecule is CCCN(CCC)CCCCNCc1ccc(CN(Cc2ncc[nH]2)C(=O)c2cnc[nH]2)cc1. The van der Waals surface area contributed by atoms with Gasteiger partial charge in [0, 0.05) is 25.5 Å². The Hall–Kier alpha value is -2.97. The highest BCUT2D eigenvalue weighted by Crippen LogP contribution is 2.13. The van der Waals surface area contributed by atoms with Crippen LogP contribution in [-0.4, -0.2) is 61.8 Å². The van der Waals surface area contributed by atoms with Crippen LogP contribution in [0.5, 0.6) is 0 Å². The van der Waals surface area contributed by atoms with Crippen LogP contribution in [0.4, 0.5) is 0 Å². The minimum absolute atomic E-state index is 0.101. The molecule has 0 spiro atoms. The first kappa shape index (κ1) is 25.6. The molecule has 8 heteroatoms. The maximum Gasteiger partial charge on any atom is 0.272 e. The molecule has 2 heterocycles. The fourth-order valence-corrected chi connectivity index (χ4v) is 4.08. The number of amides is 1. The highest BCUT2D eigenvalue weighted by atomic mass is 16.2. The lowest BCUT2D eigenvalue weighted by molar-refractivity contribution is 0.0720. The Bertz CT molecular complexity index is 917. The average Bonchev–Trinajstić information content (AvgIpc) is 3.56. The minimum Gasteiger partial charge on any atom is -0.347 e. The molecule has 8 nitrogen and oxygen atoms in total. The molecule has 0 bridgehead atoms. The second-order valence-corrected chi connectivity index (χ2v) is 8.70. The lowest BCUT2D eigenvalue weighted by Gasteiger charge is -2.21. The molecular weight excluding hydrogens is 426 g/mol. The van der Waals surface area contributed by atoms with Gasteiger partial charge in [0.2, 0.25) is 0 Å². The predicted molar refractivity (Wildman–Crippen MR) is 135 cm³/mol. The molecular formula is C26H39N7O. The van der Waals surface area contributed by atoms with E-state index in [1.165, 1.54) is 57.2 Å². The summed E-state index contributed by atoms with van der Waals surface area (Å²) in [6.45, 7) is 10.9. The number of nitrogens with one attached hydrogen (secondary N) is 3. The van der Waals surface area contributed by atoms with Crippen LogP contribution in [0.2, 0.25) is 0 Å². The summed E-state index contributed by atoms with van der Waals surface area (Å²) in [7, 11) is 0. The zero-order chi connectivity index (χ0) is 24.0. The molecule has 0 radical (unpaired) electrons. The first-order valence-electron chi connectivity index (χ1n) is 12.5. The number of unbranched alkanes of at least 4 members (excludes halogenated alkanes) is 1. The molecule has 0 unspecified atom stereocenters. The maximum absolute atomic E-state index is 12.9. The van der Waals surface area contributed by atoms with Crippen molar-refractivity contribution < 1.29 is 4.79 Å². The van der Waals surface area contributed by atoms with Gasteiger partial charge in [-0.3, -0.25) is 4.79 Å². The molecule has 0 aliphatic heterocycles. The van der Waals surface area contributed by atoms with Crippen molar-refractivity contribution in [1.29, 1.82) is 0 Å². The molecule has 3 rings (SSSR count). The number of benzene rings is 1. The first-order valence-corrected chi connectivity index (χ1v) is 12.5. The zero-order valence-electron chi connectivity index (χ0n) is 20.6. The summed E-state index contributed by atoms with van der Waals surface area (Å²) in [5.74, 6) is 0.650. The number of imidazole rings is 2. The smallest absolute Gasteiger partial charge is 0.272 e. The Morgan fingerprint density at radius 1 is 0.971 bits per heavy atom. The molecule has 0 aliphatic rings. The fraction of sp³-hybridized carbons (Fsp3) is 0.500. The van der Waals surface area contributed by atoms with Gasteiger partial charge in [-0.05, 0) is 63.0 Å². The standard InChI is InChI=1S/C26H39N7O/c1-3-14-32(15-4-2)16-6-5-11-27-17-22-7-9-23(10-8-22)19-33(20-25-29-12-13-30-25)26(34)24-18-28-21-31-24/h7-10,12-13,18,21,27H,3-6,11,14-17,19-20H2,1-2H3,(H,28,31)(H,29,30). The van der Waals surface area contributed by atoms with Crippen LogP contribution in [0.25, 0.3) is 0 Å². The van der Waals surface area contributed by atoms with E-state index in [4.69, 9.17) is 0 Å². The molecule has 0 saturated heterocycles. The van der Waals surface area contributed by atoms with Gasteiger partial charge in [0.25, 0.3) is 5.91 Å². The number of hydrogen-bond donors (Lipinski definition) is 3. The third-order valence-corrected chi connectivity index (χ3v) is 5.79. The molecule has 3 N–H and O–H groups in total. The van der Waals surface area contributed by atoms with E-state index < -0.39 is 0 Å². The van der Waals surface area contributed by atoms with Gasteiger partial charge in [-0.15, -0.1) is 0 Å². The quantitative estimate of drug-likeness (QED) is 0.278. The van der Waals surface area contributed by atoms with E-state index in [0.29, 0.717) is 18.8 Å². The Morgan fingerprint density at radius 3 is 2.38 bits per heavy atom. The Morgan fingerprint density at radius 2 is 1.74 bits per heavy atom. The van der Waals surface area contributed by atoms with Crippen molar-refractivity contribution in [1.82, 2.24) is 35.1 Å². The third kappa shape index (κ3) is 8.43. The van der Waals surface area contributed by atoms with Crippen LogP contribution in [0.15, 0.2) is 49.2 Å². The Kier molecular flexibility index (Phi) is 10.8. The molecule has 0 fully saturated rings. The van der Waals surface area contributed by atoms with Crippen LogP contribution in [-0.2, 0) is 19.6 Å². The van der Waals surface area contributed by atoms with Crippen molar-refractivity contribution in [3.63, 3.8) is 0 Å². The molecule has 1 amide bonds. The van der Waals surface area contributed by atoms with Gasteiger partial charge in [0.05, 0.1) is 19.1 Å². The molecule has 1 aromatic carbocycles. The molecule has 3 aromatic rings. The number of H-pyrrole nitrogens is 2. The third-order valence-electron chi connectivity index (χ3n) is 5.79. The van der Waals surface area contributed by atoms with Crippen LogP contribution in [0, 0.1) is 0 Å². The van der Waals surface area contributed by atoms with Gasteiger partial charge in [-0.2, -0.15) is 0 Å². The van der Waals surface area contributed by atoms with Crippen LogP contribution < -0.4 is 5.32 Å². The van der Waals surface area contributed by atoms with Crippen molar-refractivity contribution >= 4 is 5.91 Å². The monoisotopic (exact) mass is 465 g/mol. The van der Waals surface area contributed by atoms with E-state index in [2.05, 4.69) is 68.3 Å². The van der Waals surface area contributed by atoms with E-state index in [1.54, 1.807) is 23.5 Å². The summed E-state index contributed by atoms with van der Waals surface area (Å²) >= 11 is 0. The van der Waals surface area contributed by atoms with Crippen molar-refractivity contribution in [2.75, 3.05) is 26.2 Å². The fourth-order valence-electron chi connectivity index (χ4n) is 4.08. The molecule has 0 aliphatic carbocycles. The van der Waals surface area contributed by atoms with E-state index in [0.717, 1.165) is 24.5 Å². The number of aromatic nitrogens is 4. The first-order chi connectivity index (χ1) is 16.7. The number of hydrogen-bond acceptors (Lipinski definition) is 5. The van der Waals surface area contributed by atoms with E-state index in [1.807, 2.05) is 0 Å². The molecule has 34 heavy (non-hydrogen) atoms. The zero-order valence-corrected chi connectivity index (χ0v) is 20.6. The largest absolute Gasteiger partial charge is 0.347 e. The minimum atomic E-state index is -0.101. The molecule has 184 valence electrons. The molecule has 2 aromatic heterocycles. The van der Waals surface area contributed by atoms with Gasteiger partial charge in [0.15, 0.2) is 0 Å². The summed E-state index contributed by atoms with van der Waals surface area (Å²) in [4.78, 5) is 31.5. The van der Waals surface area contributed by atoms with Crippen LogP contribution in [0.1, 0.15) is 67.0 Å². The van der Waals surface area contributed by atoms with E-state index >= 15 is 0 Å². The van der Waals surface area contributed by atoms with Gasteiger partial charge in [0.1, 0.15) is 11.5 Å². The maximum atomic E-state index is 12.9. The van der Waals surface area contributed by atoms with Crippen LogP contribution in [0.3, 0.4) is 0 Å². The Balaban J connectivity index is 1.44. The highest BCUT2D eigenvalue weighted by Gasteiger charge is 2.19. The van der Waals surface area contributed by atoms with Crippen LogP contribution >= 0.6 is 0 Å². The molecule has 0 saturated carbocycles. The number of carbonyl (C=O) groups is 1. The second-order valence-electron chi connectivity index (χ2n) is 8.70. The average molecular weight is 466 g/mol. The number of rotatable bonds is 16. The molecule has 0 atom stereocenters. The van der Waals surface area contributed by atoms with E-state index in [9.17, 15) is 4.79 Å². The Labute approximate surface area is 203 Å². The lowest BCUT2D eigenvalue weighted by Crippen LogP contribution is -2.30. The normalized spacial score (nSPS) is 11.3. The van der Waals surface area contributed by atoms with Crippen molar-refractivity contribution in [2.45, 2.75) is 59.2 Å². The van der Waals surface area contributed by atoms with Gasteiger partial charge in [-0.25, -0.2) is 9.97 Å². The number of carbonyl (C=O) groups excluding carboxylic acids is 1. The van der Waals surface area contributed by atoms with Crippen molar-refractivity contribution in [3.8, 4) is 0 Å². The van der Waals surface area contributed by atoms with Crippen molar-refractivity contribution in [2.24, 2.45) is 0 Å². The number of aromatic amines is 2. The summed E-state index contributed by atoms with van der Waals surface area (Å²) in [5.41, 5.74) is 2.80. The second kappa shape index (κ2) is 14.3. The number of nitrogens with zero attached hydrogens (tertiary/aromatic N) is 4. The predicted octanol–water partition coefficient (Wildman–Crippen LogP) is 3.97. The summed E-state index contributed by atoms with van der Waals surface area (Å²) < 4.78 is 0. The van der Waals surface area contributed by atoms with Gasteiger partial charge >= 0.3 is 0 Å². The van der Waals surface area contributed by atoms with Gasteiger partial charge in [-0.1, -0.05) is 38.1 Å². The topological polar surface area (TPSA) is 92.9 Å². The summed E-state index contributed by atoms with van der Waals surface area (Å²) in [5, 5.41) is 3.56. The summed E-state index contributed by atoms with van der Waals surface area (Å²) in [6, 6.07) is 8.47. The van der Waals surface area contributed by atoms with Crippen molar-refractivity contribution in [3.05, 3.63) is 71.8 Å². The summed E-state index contributed by atoms with van der Waals surface area (Å²) in [6.07, 6.45) is 11.4. The lowest BCUT2D eigenvalue weighted by atomic mass is 10.1. The highest BCUT2D eigenvalue weighted by molar-refractivity contribution is 5.91. The van der Waals surface area contributed by atoms with Gasteiger partial charge < -0.3 is 25.1 Å². The van der Waals surface area contributed by atoms with E-state index in [-0.39, 0.29) is 5.91 Å².